The van der Waals surface area contributed by atoms with Crippen LogP contribution in [0.5, 0.6) is 0 Å². The summed E-state index contributed by atoms with van der Waals surface area (Å²) < 4.78 is 0. The fraction of sp³-hybridized carbons (Fsp3) is 0.636. The maximum atomic E-state index is 10.9. The molecule has 1 atom stereocenters. The summed E-state index contributed by atoms with van der Waals surface area (Å²) in [5.74, 6) is -0.523. The molecule has 2 N–H and O–H groups in total. The van der Waals surface area contributed by atoms with E-state index in [0.29, 0.717) is 12.3 Å². The highest BCUT2D eigenvalue weighted by Gasteiger charge is 2.28. The molecule has 0 radical (unpaired) electrons. The summed E-state index contributed by atoms with van der Waals surface area (Å²) in [6.07, 6.45) is 2.18. The van der Waals surface area contributed by atoms with Gasteiger partial charge in [-0.1, -0.05) is 13.8 Å². The standard InChI is InChI=1S/C11H16N2O2/c1-6(2)10-8-4-3-7(11(14)15)5-9(8)12-13-10/h6-7H,3-5H2,1-2H3,(H,12,13)(H,14,15)/t7-/m0/s1. The quantitative estimate of drug-likeness (QED) is 0.777. The first-order valence-corrected chi connectivity index (χ1v) is 5.38. The lowest BCUT2D eigenvalue weighted by atomic mass is 9.85. The third-order valence-electron chi connectivity index (χ3n) is 3.07. The van der Waals surface area contributed by atoms with Crippen molar-refractivity contribution < 1.29 is 9.90 Å². The van der Waals surface area contributed by atoms with Crippen molar-refractivity contribution in [3.63, 3.8) is 0 Å². The van der Waals surface area contributed by atoms with Gasteiger partial charge in [0.1, 0.15) is 0 Å². The molecule has 0 unspecified atom stereocenters. The van der Waals surface area contributed by atoms with Crippen molar-refractivity contribution in [3.05, 3.63) is 17.0 Å². The second-order valence-electron chi connectivity index (χ2n) is 4.50. The minimum absolute atomic E-state index is 0.238. The summed E-state index contributed by atoms with van der Waals surface area (Å²) in [5, 5.41) is 16.2. The van der Waals surface area contributed by atoms with E-state index in [1.54, 1.807) is 0 Å². The minimum Gasteiger partial charge on any atom is -0.481 e. The number of carboxylic acid groups (broad SMARTS) is 1. The lowest BCUT2D eigenvalue weighted by molar-refractivity contribution is -0.142. The first-order chi connectivity index (χ1) is 7.09. The molecule has 0 aliphatic heterocycles. The topological polar surface area (TPSA) is 66.0 Å². The zero-order valence-corrected chi connectivity index (χ0v) is 9.08. The van der Waals surface area contributed by atoms with E-state index in [4.69, 9.17) is 5.11 Å². The van der Waals surface area contributed by atoms with Crippen molar-refractivity contribution in [2.24, 2.45) is 5.92 Å². The van der Waals surface area contributed by atoms with E-state index in [1.165, 1.54) is 5.56 Å². The van der Waals surface area contributed by atoms with E-state index < -0.39 is 5.97 Å². The average Bonchev–Trinajstić information content (AvgIpc) is 2.59. The Kier molecular flexibility index (Phi) is 2.50. The molecule has 0 saturated heterocycles. The Morgan fingerprint density at radius 1 is 1.60 bits per heavy atom. The molecule has 15 heavy (non-hydrogen) atoms. The number of aliphatic carboxylic acids is 1. The first kappa shape index (κ1) is 10.2. The number of carbonyl (C=O) groups is 1. The van der Waals surface area contributed by atoms with Crippen LogP contribution in [0.1, 0.15) is 43.1 Å². The van der Waals surface area contributed by atoms with Crippen molar-refractivity contribution >= 4 is 5.97 Å². The van der Waals surface area contributed by atoms with Gasteiger partial charge in [-0.05, 0) is 24.3 Å². The van der Waals surface area contributed by atoms with Gasteiger partial charge in [0.05, 0.1) is 11.6 Å². The second kappa shape index (κ2) is 3.68. The van der Waals surface area contributed by atoms with Gasteiger partial charge < -0.3 is 5.11 Å². The van der Waals surface area contributed by atoms with Crippen LogP contribution in [0.15, 0.2) is 0 Å². The third kappa shape index (κ3) is 1.76. The zero-order valence-electron chi connectivity index (χ0n) is 9.08. The van der Waals surface area contributed by atoms with Crippen LogP contribution >= 0.6 is 0 Å². The van der Waals surface area contributed by atoms with E-state index >= 15 is 0 Å². The van der Waals surface area contributed by atoms with Crippen LogP contribution in [0.3, 0.4) is 0 Å². The molecule has 1 aromatic heterocycles. The zero-order chi connectivity index (χ0) is 11.0. The molecule has 1 aliphatic rings. The van der Waals surface area contributed by atoms with E-state index in [2.05, 4.69) is 24.0 Å². The van der Waals surface area contributed by atoms with Gasteiger partial charge in [-0.3, -0.25) is 9.89 Å². The highest BCUT2D eigenvalue weighted by molar-refractivity contribution is 5.70. The molecule has 4 nitrogen and oxygen atoms in total. The predicted molar refractivity (Wildman–Crippen MR) is 55.8 cm³/mol. The van der Waals surface area contributed by atoms with E-state index in [0.717, 1.165) is 24.2 Å². The second-order valence-corrected chi connectivity index (χ2v) is 4.50. The molecule has 4 heteroatoms. The van der Waals surface area contributed by atoms with E-state index in [9.17, 15) is 4.79 Å². The van der Waals surface area contributed by atoms with Crippen LogP contribution in [0.25, 0.3) is 0 Å². The predicted octanol–water partition coefficient (Wildman–Crippen LogP) is 1.72. The molecule has 0 aromatic carbocycles. The fourth-order valence-corrected chi connectivity index (χ4v) is 2.22. The summed E-state index contributed by atoms with van der Waals surface area (Å²) in [5.41, 5.74) is 3.38. The molecule has 2 rings (SSSR count). The van der Waals surface area contributed by atoms with Gasteiger partial charge in [-0.25, -0.2) is 0 Å². The summed E-state index contributed by atoms with van der Waals surface area (Å²) >= 11 is 0. The fourth-order valence-electron chi connectivity index (χ4n) is 2.22. The van der Waals surface area contributed by atoms with Gasteiger partial charge in [0, 0.05) is 12.1 Å². The molecule has 0 bridgehead atoms. The summed E-state index contributed by atoms with van der Waals surface area (Å²) in [6.45, 7) is 4.22. The normalized spacial score (nSPS) is 20.3. The van der Waals surface area contributed by atoms with Gasteiger partial charge >= 0.3 is 5.97 Å². The number of nitrogens with zero attached hydrogens (tertiary/aromatic N) is 1. The number of hydrogen-bond acceptors (Lipinski definition) is 2. The lowest BCUT2D eigenvalue weighted by Gasteiger charge is -2.18. The Morgan fingerprint density at radius 2 is 2.33 bits per heavy atom. The molecule has 1 aliphatic carbocycles. The third-order valence-corrected chi connectivity index (χ3v) is 3.07. The molecule has 82 valence electrons. The maximum absolute atomic E-state index is 10.9. The van der Waals surface area contributed by atoms with Gasteiger partial charge in [-0.15, -0.1) is 0 Å². The van der Waals surface area contributed by atoms with Gasteiger partial charge in [-0.2, -0.15) is 5.10 Å². The molecule has 1 heterocycles. The summed E-state index contributed by atoms with van der Waals surface area (Å²) in [6, 6.07) is 0. The Morgan fingerprint density at radius 3 is 2.93 bits per heavy atom. The monoisotopic (exact) mass is 208 g/mol. The number of fused-ring (bicyclic) bond motifs is 1. The number of carboxylic acids is 1. The Hall–Kier alpha value is -1.32. The molecule has 0 spiro atoms. The molecular weight excluding hydrogens is 192 g/mol. The van der Waals surface area contributed by atoms with Crippen molar-refractivity contribution in [1.82, 2.24) is 10.2 Å². The van der Waals surface area contributed by atoms with Crippen LogP contribution in [0.2, 0.25) is 0 Å². The highest BCUT2D eigenvalue weighted by Crippen LogP contribution is 2.29. The number of hydrogen-bond donors (Lipinski definition) is 2. The van der Waals surface area contributed by atoms with Crippen LogP contribution in [-0.2, 0) is 17.6 Å². The smallest absolute Gasteiger partial charge is 0.306 e. The number of nitrogens with one attached hydrogen (secondary N) is 1. The van der Waals surface area contributed by atoms with Crippen molar-refractivity contribution in [3.8, 4) is 0 Å². The number of aromatic amines is 1. The lowest BCUT2D eigenvalue weighted by Crippen LogP contribution is -2.22. The Balaban J connectivity index is 2.26. The number of rotatable bonds is 2. The van der Waals surface area contributed by atoms with Crippen molar-refractivity contribution in [1.29, 1.82) is 0 Å². The van der Waals surface area contributed by atoms with Gasteiger partial charge in [0.2, 0.25) is 0 Å². The molecular formula is C11H16N2O2. The average molecular weight is 208 g/mol. The highest BCUT2D eigenvalue weighted by atomic mass is 16.4. The van der Waals surface area contributed by atoms with Crippen LogP contribution < -0.4 is 0 Å². The largest absolute Gasteiger partial charge is 0.481 e. The molecule has 1 aromatic rings. The van der Waals surface area contributed by atoms with Crippen LogP contribution in [-0.4, -0.2) is 21.3 Å². The number of H-pyrrole nitrogens is 1. The molecule has 0 amide bonds. The van der Waals surface area contributed by atoms with Gasteiger partial charge in [0.25, 0.3) is 0 Å². The van der Waals surface area contributed by atoms with Crippen LogP contribution in [0.4, 0.5) is 0 Å². The Bertz CT molecular complexity index is 382. The first-order valence-electron chi connectivity index (χ1n) is 5.38. The van der Waals surface area contributed by atoms with Gasteiger partial charge in [0.15, 0.2) is 0 Å². The Labute approximate surface area is 88.7 Å². The molecule has 0 fully saturated rings. The number of aromatic nitrogens is 2. The molecule has 0 saturated carbocycles. The summed E-state index contributed by atoms with van der Waals surface area (Å²) in [4.78, 5) is 10.9. The maximum Gasteiger partial charge on any atom is 0.306 e. The van der Waals surface area contributed by atoms with E-state index in [-0.39, 0.29) is 5.92 Å². The van der Waals surface area contributed by atoms with Crippen molar-refractivity contribution in [2.45, 2.75) is 39.0 Å². The SMILES string of the molecule is CC(C)c1n[nH]c2c1CC[C@H](C(=O)O)C2. The van der Waals surface area contributed by atoms with E-state index in [1.807, 2.05) is 0 Å². The summed E-state index contributed by atoms with van der Waals surface area (Å²) in [7, 11) is 0. The minimum atomic E-state index is -0.693. The van der Waals surface area contributed by atoms with Crippen LogP contribution in [0, 0.1) is 5.92 Å². The van der Waals surface area contributed by atoms with Crippen molar-refractivity contribution in [2.75, 3.05) is 0 Å².